The first-order chi connectivity index (χ1) is 16.0. The van der Waals surface area contributed by atoms with Gasteiger partial charge in [-0.15, -0.1) is 0 Å². The highest BCUT2D eigenvalue weighted by Crippen LogP contribution is 2.25. The predicted molar refractivity (Wildman–Crippen MR) is 124 cm³/mol. The average molecular weight is 448 g/mol. The van der Waals surface area contributed by atoms with E-state index >= 15 is 0 Å². The molecule has 0 aliphatic rings. The molecular weight excluding hydrogens is 421 g/mol. The van der Waals surface area contributed by atoms with Crippen LogP contribution < -0.4 is 0 Å². The monoisotopic (exact) mass is 447 g/mol. The van der Waals surface area contributed by atoms with E-state index < -0.39 is 0 Å². The molecule has 170 valence electrons. The summed E-state index contributed by atoms with van der Waals surface area (Å²) < 4.78 is 20.6. The van der Waals surface area contributed by atoms with Crippen LogP contribution in [0.3, 0.4) is 0 Å². The van der Waals surface area contributed by atoms with Gasteiger partial charge in [0.15, 0.2) is 0 Å². The molecule has 2 heterocycles. The standard InChI is InChI=1S/C26H26FN3O3/c1-18(19-5-3-2-4-6-19)13-24(32)15-22-14-20-16-28-30(23-9-7-21(27)8-10-23)26(20)25(29-22)17-33-12-11-31/h2-10,14,16,18,31H,11-13,15,17H2,1H3/t18-/m0/s1. The minimum absolute atomic E-state index is 0.101. The van der Waals surface area contributed by atoms with Gasteiger partial charge in [0.25, 0.3) is 0 Å². The number of halogens is 1. The largest absolute Gasteiger partial charge is 0.394 e. The zero-order valence-corrected chi connectivity index (χ0v) is 18.4. The number of benzene rings is 2. The molecule has 0 radical (unpaired) electrons. The molecule has 2 aromatic heterocycles. The number of ketones is 1. The van der Waals surface area contributed by atoms with E-state index in [-0.39, 0.29) is 43.8 Å². The van der Waals surface area contributed by atoms with Crippen molar-refractivity contribution in [3.05, 3.63) is 89.6 Å². The molecule has 4 rings (SSSR count). The Balaban J connectivity index is 1.61. The molecule has 1 atom stereocenters. The number of nitrogens with zero attached hydrogens (tertiary/aromatic N) is 3. The van der Waals surface area contributed by atoms with E-state index in [2.05, 4.69) is 5.10 Å². The second-order valence-corrected chi connectivity index (χ2v) is 8.04. The normalized spacial score (nSPS) is 12.2. The van der Waals surface area contributed by atoms with Crippen LogP contribution >= 0.6 is 0 Å². The molecule has 0 amide bonds. The fourth-order valence-electron chi connectivity index (χ4n) is 3.91. The molecule has 6 nitrogen and oxygen atoms in total. The van der Waals surface area contributed by atoms with Gasteiger partial charge < -0.3 is 9.84 Å². The summed E-state index contributed by atoms with van der Waals surface area (Å²) in [6.07, 6.45) is 2.34. The van der Waals surface area contributed by atoms with Gasteiger partial charge in [-0.1, -0.05) is 37.3 Å². The molecule has 2 aromatic carbocycles. The van der Waals surface area contributed by atoms with Crippen molar-refractivity contribution in [1.82, 2.24) is 14.8 Å². The van der Waals surface area contributed by atoms with Crippen LogP contribution in [0, 0.1) is 5.82 Å². The van der Waals surface area contributed by atoms with Crippen LogP contribution in [0.1, 0.15) is 36.2 Å². The summed E-state index contributed by atoms with van der Waals surface area (Å²) in [5, 5.41) is 14.4. The maximum absolute atomic E-state index is 13.4. The Hall–Kier alpha value is -3.42. The second kappa shape index (κ2) is 10.5. The Labute approximate surface area is 191 Å². The van der Waals surface area contributed by atoms with Crippen LogP contribution in [0.4, 0.5) is 4.39 Å². The van der Waals surface area contributed by atoms with Crippen LogP contribution in [0.5, 0.6) is 0 Å². The zero-order chi connectivity index (χ0) is 23.2. The molecule has 0 aliphatic heterocycles. The fourth-order valence-corrected chi connectivity index (χ4v) is 3.91. The Morgan fingerprint density at radius 1 is 1.15 bits per heavy atom. The predicted octanol–water partition coefficient (Wildman–Crippen LogP) is 4.37. The summed E-state index contributed by atoms with van der Waals surface area (Å²) in [6.45, 7) is 2.28. The number of aromatic nitrogens is 3. The summed E-state index contributed by atoms with van der Waals surface area (Å²) in [5.74, 6) is -0.104. The Morgan fingerprint density at radius 2 is 1.91 bits per heavy atom. The summed E-state index contributed by atoms with van der Waals surface area (Å²) in [6, 6.07) is 17.9. The molecule has 0 bridgehead atoms. The minimum Gasteiger partial charge on any atom is -0.394 e. The lowest BCUT2D eigenvalue weighted by Gasteiger charge is -2.12. The van der Waals surface area contributed by atoms with Crippen molar-refractivity contribution >= 4 is 16.7 Å². The minimum atomic E-state index is -0.328. The number of aliphatic hydroxyl groups excluding tert-OH is 1. The molecule has 1 N–H and O–H groups in total. The van der Waals surface area contributed by atoms with Gasteiger partial charge in [0.2, 0.25) is 0 Å². The summed E-state index contributed by atoms with van der Waals surface area (Å²) >= 11 is 0. The van der Waals surface area contributed by atoms with Crippen LogP contribution in [0.25, 0.3) is 16.6 Å². The number of hydrogen-bond donors (Lipinski definition) is 1. The Morgan fingerprint density at radius 3 is 2.64 bits per heavy atom. The molecule has 4 aromatic rings. The Bertz CT molecular complexity index is 1220. The number of hydrogen-bond acceptors (Lipinski definition) is 5. The zero-order valence-electron chi connectivity index (χ0n) is 18.4. The van der Waals surface area contributed by atoms with E-state index in [9.17, 15) is 9.18 Å². The molecule has 0 unspecified atom stereocenters. The lowest BCUT2D eigenvalue weighted by molar-refractivity contribution is -0.118. The smallest absolute Gasteiger partial charge is 0.139 e. The van der Waals surface area contributed by atoms with E-state index in [1.54, 1.807) is 23.0 Å². The van der Waals surface area contributed by atoms with Crippen LogP contribution in [0.15, 0.2) is 66.9 Å². The highest BCUT2D eigenvalue weighted by Gasteiger charge is 2.17. The maximum Gasteiger partial charge on any atom is 0.139 e. The molecule has 33 heavy (non-hydrogen) atoms. The molecule has 7 heteroatoms. The van der Waals surface area contributed by atoms with E-state index in [0.717, 1.165) is 16.5 Å². The molecule has 0 saturated carbocycles. The summed E-state index contributed by atoms with van der Waals surface area (Å²) in [4.78, 5) is 17.5. The Kier molecular flexibility index (Phi) is 7.22. The van der Waals surface area contributed by atoms with E-state index in [1.807, 2.05) is 43.3 Å². The van der Waals surface area contributed by atoms with Crippen molar-refractivity contribution in [3.8, 4) is 5.69 Å². The first kappa shape index (κ1) is 22.8. The SMILES string of the molecule is C[C@@H](CC(=O)Cc1cc2cnn(-c3ccc(F)cc3)c2c(COCCO)n1)c1ccccc1. The van der Waals surface area contributed by atoms with Crippen LogP contribution in [0.2, 0.25) is 0 Å². The number of aliphatic hydroxyl groups is 1. The van der Waals surface area contributed by atoms with Crippen molar-refractivity contribution < 1.29 is 19.0 Å². The van der Waals surface area contributed by atoms with Crippen LogP contribution in [-0.2, 0) is 22.6 Å². The van der Waals surface area contributed by atoms with Crippen molar-refractivity contribution in [3.63, 3.8) is 0 Å². The number of ether oxygens (including phenoxy) is 1. The van der Waals surface area contributed by atoms with Crippen LogP contribution in [-0.4, -0.2) is 38.9 Å². The van der Waals surface area contributed by atoms with Gasteiger partial charge in [0.05, 0.1) is 42.9 Å². The van der Waals surface area contributed by atoms with Gasteiger partial charge in [-0.05, 0) is 41.8 Å². The van der Waals surface area contributed by atoms with E-state index in [4.69, 9.17) is 14.8 Å². The van der Waals surface area contributed by atoms with Gasteiger partial charge in [-0.25, -0.2) is 9.07 Å². The molecule has 0 saturated heterocycles. The van der Waals surface area contributed by atoms with Crippen molar-refractivity contribution in [2.75, 3.05) is 13.2 Å². The van der Waals surface area contributed by atoms with Gasteiger partial charge in [-0.2, -0.15) is 5.10 Å². The average Bonchev–Trinajstić information content (AvgIpc) is 3.24. The van der Waals surface area contributed by atoms with Crippen molar-refractivity contribution in [2.24, 2.45) is 0 Å². The number of fused-ring (bicyclic) bond motifs is 1. The van der Waals surface area contributed by atoms with Gasteiger partial charge in [0, 0.05) is 23.9 Å². The quantitative estimate of drug-likeness (QED) is 0.365. The van der Waals surface area contributed by atoms with E-state index in [0.29, 0.717) is 23.5 Å². The second-order valence-electron chi connectivity index (χ2n) is 8.04. The molecule has 0 fully saturated rings. The molecule has 0 aliphatic carbocycles. The third kappa shape index (κ3) is 5.50. The van der Waals surface area contributed by atoms with E-state index in [1.165, 1.54) is 12.1 Å². The van der Waals surface area contributed by atoms with Crippen molar-refractivity contribution in [2.45, 2.75) is 32.3 Å². The highest BCUT2D eigenvalue weighted by atomic mass is 19.1. The number of carbonyl (C=O) groups is 1. The van der Waals surface area contributed by atoms with Gasteiger partial charge in [0.1, 0.15) is 11.6 Å². The van der Waals surface area contributed by atoms with Gasteiger partial charge in [-0.3, -0.25) is 9.78 Å². The third-order valence-corrected chi connectivity index (χ3v) is 5.50. The summed E-state index contributed by atoms with van der Waals surface area (Å²) in [7, 11) is 0. The number of pyridine rings is 1. The summed E-state index contributed by atoms with van der Waals surface area (Å²) in [5.41, 5.74) is 3.81. The molecule has 0 spiro atoms. The highest BCUT2D eigenvalue weighted by molar-refractivity contribution is 5.85. The molecular formula is C26H26FN3O3. The number of rotatable bonds is 10. The lowest BCUT2D eigenvalue weighted by Crippen LogP contribution is -2.11. The lowest BCUT2D eigenvalue weighted by atomic mass is 9.94. The fraction of sp³-hybridized carbons (Fsp3) is 0.269. The topological polar surface area (TPSA) is 77.2 Å². The maximum atomic E-state index is 13.4. The van der Waals surface area contributed by atoms with Crippen molar-refractivity contribution in [1.29, 1.82) is 0 Å². The van der Waals surface area contributed by atoms with Gasteiger partial charge >= 0.3 is 0 Å². The number of carbonyl (C=O) groups excluding carboxylic acids is 1. The third-order valence-electron chi connectivity index (χ3n) is 5.50. The first-order valence-corrected chi connectivity index (χ1v) is 10.9. The number of Topliss-reactive ketones (excluding diaryl/α,β-unsaturated/α-hetero) is 1. The first-order valence-electron chi connectivity index (χ1n) is 10.9.